The molecule has 5 nitrogen and oxygen atoms in total. The van der Waals surface area contributed by atoms with E-state index in [2.05, 4.69) is 11.1 Å². The summed E-state index contributed by atoms with van der Waals surface area (Å²) in [6.07, 6.45) is 1.27. The molecule has 0 aromatic carbocycles. The molecular weight excluding hydrogens is 267 g/mol. The van der Waals surface area contributed by atoms with Gasteiger partial charge >= 0.3 is 6.75 Å². The predicted molar refractivity (Wildman–Crippen MR) is 83.0 cm³/mol. The van der Waals surface area contributed by atoms with E-state index in [1.165, 1.54) is 0 Å². The molecular formula is C15H24BN2O3-. The number of aromatic nitrogens is 1. The van der Waals surface area contributed by atoms with Crippen LogP contribution in [-0.4, -0.2) is 30.1 Å². The Bertz CT molecular complexity index is 471. The molecule has 1 rings (SSSR count). The number of hydrogen-bond donors (Lipinski definition) is 0. The van der Waals surface area contributed by atoms with Crippen molar-refractivity contribution in [3.8, 4) is 6.07 Å². The molecule has 0 unspecified atom stereocenters. The number of pyridine rings is 1. The van der Waals surface area contributed by atoms with Crippen LogP contribution >= 0.6 is 0 Å². The SMILES string of the molecule is CC(C)O[B-](OC(C)C)(OC(C)C)c1cc(C#N)ccn1. The van der Waals surface area contributed by atoms with Crippen LogP contribution in [-0.2, 0) is 14.0 Å². The zero-order valence-corrected chi connectivity index (χ0v) is 13.7. The van der Waals surface area contributed by atoms with Gasteiger partial charge in [-0.25, -0.2) is 0 Å². The molecule has 0 aliphatic rings. The topological polar surface area (TPSA) is 64.4 Å². The van der Waals surface area contributed by atoms with Crippen molar-refractivity contribution in [2.45, 2.75) is 59.9 Å². The summed E-state index contributed by atoms with van der Waals surface area (Å²) < 4.78 is 18.0. The summed E-state index contributed by atoms with van der Waals surface area (Å²) in [6, 6.07) is 5.41. The Morgan fingerprint density at radius 2 is 1.48 bits per heavy atom. The van der Waals surface area contributed by atoms with Crippen LogP contribution < -0.4 is 5.59 Å². The molecule has 0 saturated carbocycles. The molecule has 0 atom stereocenters. The monoisotopic (exact) mass is 291 g/mol. The molecule has 6 heteroatoms. The Balaban J connectivity index is 3.33. The van der Waals surface area contributed by atoms with E-state index in [0.29, 0.717) is 11.2 Å². The van der Waals surface area contributed by atoms with Crippen molar-refractivity contribution in [3.05, 3.63) is 23.9 Å². The fourth-order valence-electron chi connectivity index (χ4n) is 2.09. The minimum absolute atomic E-state index is 0.102. The van der Waals surface area contributed by atoms with Crippen molar-refractivity contribution in [1.82, 2.24) is 4.98 Å². The Labute approximate surface area is 127 Å². The van der Waals surface area contributed by atoms with Gasteiger partial charge in [-0.1, -0.05) is 6.07 Å². The third-order valence-electron chi connectivity index (χ3n) is 2.63. The first-order chi connectivity index (χ1) is 9.79. The summed E-state index contributed by atoms with van der Waals surface area (Å²) in [5.41, 5.74) is 1.00. The van der Waals surface area contributed by atoms with Crippen molar-refractivity contribution in [2.75, 3.05) is 0 Å². The van der Waals surface area contributed by atoms with Crippen LogP contribution in [0.5, 0.6) is 0 Å². The average molecular weight is 291 g/mol. The standard InChI is InChI=1S/C15H24BN2O3/c1-11(2)19-16(20-12(3)4,21-13(5)6)15-9-14(10-17)7-8-18-15/h7-9,11-13H,1-6H3/q-1. The van der Waals surface area contributed by atoms with Crippen LogP contribution in [0.2, 0.25) is 0 Å². The molecule has 0 N–H and O–H groups in total. The maximum absolute atomic E-state index is 9.08. The average Bonchev–Trinajstić information content (AvgIpc) is 2.36. The first kappa shape index (κ1) is 17.6. The maximum atomic E-state index is 9.08. The van der Waals surface area contributed by atoms with E-state index in [1.54, 1.807) is 18.3 Å². The van der Waals surface area contributed by atoms with Crippen LogP contribution in [0.25, 0.3) is 0 Å². The lowest BCUT2D eigenvalue weighted by atomic mass is 9.71. The molecule has 0 aliphatic heterocycles. The van der Waals surface area contributed by atoms with E-state index >= 15 is 0 Å². The molecule has 0 radical (unpaired) electrons. The third-order valence-corrected chi connectivity index (χ3v) is 2.63. The number of nitrogens with zero attached hydrogens (tertiary/aromatic N) is 2. The summed E-state index contributed by atoms with van der Waals surface area (Å²) in [5.74, 6) is 0. The molecule has 1 aromatic heterocycles. The minimum Gasteiger partial charge on any atom is -0.538 e. The van der Waals surface area contributed by atoms with Crippen molar-refractivity contribution < 1.29 is 14.0 Å². The smallest absolute Gasteiger partial charge is 0.428 e. The molecule has 0 fully saturated rings. The molecule has 0 saturated heterocycles. The van der Waals surface area contributed by atoms with Gasteiger partial charge in [0.25, 0.3) is 0 Å². The minimum atomic E-state index is -2.20. The van der Waals surface area contributed by atoms with Crippen molar-refractivity contribution in [1.29, 1.82) is 5.26 Å². The highest BCUT2D eigenvalue weighted by Gasteiger charge is 2.36. The van der Waals surface area contributed by atoms with Crippen LogP contribution in [0.3, 0.4) is 0 Å². The molecule has 0 bridgehead atoms. The number of nitriles is 1. The highest BCUT2D eigenvalue weighted by Crippen LogP contribution is 2.17. The van der Waals surface area contributed by atoms with E-state index in [0.717, 1.165) is 0 Å². The second kappa shape index (κ2) is 7.55. The zero-order valence-electron chi connectivity index (χ0n) is 13.7. The quantitative estimate of drug-likeness (QED) is 0.722. The molecule has 0 amide bonds. The van der Waals surface area contributed by atoms with E-state index in [4.69, 9.17) is 19.2 Å². The lowest BCUT2D eigenvalue weighted by Gasteiger charge is -2.45. The molecule has 1 aromatic rings. The number of hydrogen-bond acceptors (Lipinski definition) is 5. The Hall–Kier alpha value is -1.42. The van der Waals surface area contributed by atoms with Gasteiger partial charge in [-0.15, -0.1) is 0 Å². The fourth-order valence-corrected chi connectivity index (χ4v) is 2.09. The van der Waals surface area contributed by atoms with Crippen molar-refractivity contribution in [3.63, 3.8) is 0 Å². The van der Waals surface area contributed by atoms with Gasteiger partial charge < -0.3 is 14.0 Å². The van der Waals surface area contributed by atoms with Gasteiger partial charge in [0.05, 0.1) is 11.6 Å². The summed E-state index contributed by atoms with van der Waals surface area (Å²) in [6.45, 7) is 9.28. The summed E-state index contributed by atoms with van der Waals surface area (Å²) in [5, 5.41) is 9.08. The zero-order chi connectivity index (χ0) is 16.0. The van der Waals surface area contributed by atoms with Gasteiger partial charge in [0.1, 0.15) is 0 Å². The summed E-state index contributed by atoms with van der Waals surface area (Å²) >= 11 is 0. The van der Waals surface area contributed by atoms with Gasteiger partial charge in [-0.3, -0.25) is 4.98 Å². The van der Waals surface area contributed by atoms with Gasteiger partial charge in [0, 0.05) is 24.5 Å². The van der Waals surface area contributed by atoms with Gasteiger partial charge in [-0.2, -0.15) is 5.26 Å². The summed E-state index contributed by atoms with van der Waals surface area (Å²) in [7, 11) is 0. The van der Waals surface area contributed by atoms with Crippen molar-refractivity contribution >= 4 is 12.3 Å². The van der Waals surface area contributed by atoms with Crippen LogP contribution in [0.1, 0.15) is 47.1 Å². The Morgan fingerprint density at radius 1 is 1.00 bits per heavy atom. The Kier molecular flexibility index (Phi) is 6.34. The van der Waals surface area contributed by atoms with Gasteiger partial charge in [-0.05, 0) is 53.2 Å². The fraction of sp³-hybridized carbons (Fsp3) is 0.600. The maximum Gasteiger partial charge on any atom is 0.428 e. The molecule has 116 valence electrons. The van der Waals surface area contributed by atoms with E-state index in [1.807, 2.05) is 41.5 Å². The normalized spacial score (nSPS) is 12.2. The highest BCUT2D eigenvalue weighted by molar-refractivity contribution is 6.74. The molecule has 0 aliphatic carbocycles. The lowest BCUT2D eigenvalue weighted by Crippen LogP contribution is -2.61. The Morgan fingerprint density at radius 3 is 1.86 bits per heavy atom. The van der Waals surface area contributed by atoms with Crippen LogP contribution in [0.4, 0.5) is 0 Å². The molecule has 1 heterocycles. The largest absolute Gasteiger partial charge is 0.538 e. The second-order valence-electron chi connectivity index (χ2n) is 5.78. The second-order valence-corrected chi connectivity index (χ2v) is 5.78. The van der Waals surface area contributed by atoms with Crippen LogP contribution in [0, 0.1) is 11.3 Å². The lowest BCUT2D eigenvalue weighted by molar-refractivity contribution is 0.0146. The van der Waals surface area contributed by atoms with E-state index < -0.39 is 6.75 Å². The highest BCUT2D eigenvalue weighted by atomic mass is 16.8. The predicted octanol–water partition coefficient (Wildman–Crippen LogP) is 2.37. The molecule has 21 heavy (non-hydrogen) atoms. The third kappa shape index (κ3) is 5.12. The molecule has 0 spiro atoms. The van der Waals surface area contributed by atoms with E-state index in [9.17, 15) is 0 Å². The van der Waals surface area contributed by atoms with Crippen LogP contribution in [0.15, 0.2) is 18.3 Å². The number of rotatable bonds is 7. The van der Waals surface area contributed by atoms with Gasteiger partial charge in [0.15, 0.2) is 0 Å². The first-order valence-corrected chi connectivity index (χ1v) is 7.32. The first-order valence-electron chi connectivity index (χ1n) is 7.32. The summed E-state index contributed by atoms with van der Waals surface area (Å²) in [4.78, 5) is 4.32. The van der Waals surface area contributed by atoms with Gasteiger partial charge in [0.2, 0.25) is 0 Å². The van der Waals surface area contributed by atoms with Crippen molar-refractivity contribution in [2.24, 2.45) is 0 Å². The van der Waals surface area contributed by atoms with E-state index in [-0.39, 0.29) is 18.3 Å².